The van der Waals surface area contributed by atoms with E-state index in [4.69, 9.17) is 4.74 Å². The Labute approximate surface area is 160 Å². The Bertz CT molecular complexity index is 829. The number of aliphatic imine (C=N–C) groups is 1. The molecule has 0 radical (unpaired) electrons. The quantitative estimate of drug-likeness (QED) is 0.740. The molecule has 3 fully saturated rings. The van der Waals surface area contributed by atoms with Crippen molar-refractivity contribution in [3.05, 3.63) is 29.8 Å². The molecule has 0 aromatic heterocycles. The van der Waals surface area contributed by atoms with E-state index in [0.717, 1.165) is 30.5 Å². The van der Waals surface area contributed by atoms with Crippen molar-refractivity contribution in [2.45, 2.75) is 52.1 Å². The Hall–Kier alpha value is -1.97. The van der Waals surface area contributed by atoms with E-state index in [-0.39, 0.29) is 35.6 Å². The Morgan fingerprint density at radius 1 is 1.15 bits per heavy atom. The molecule has 7 atom stereocenters. The second kappa shape index (κ2) is 6.29. The molecule has 1 saturated heterocycles. The van der Waals surface area contributed by atoms with Crippen LogP contribution in [0, 0.1) is 35.5 Å². The Balaban J connectivity index is 1.50. The zero-order valence-electron chi connectivity index (χ0n) is 16.1. The standard InChI is InChI=1S/C23H27NO3/c1-12-7-8-16-15(9-12)10-17-20(13(2)27-23(17)26)21(16)22(25)19-11-14-5-3-4-6-18(14)24-19/h3-6,12-13,15-17,20-21H,7-11H2,1-2H3/t12-,13-,15+,16-,17-,20-,21+/m1/s1. The largest absolute Gasteiger partial charge is 0.462 e. The van der Waals surface area contributed by atoms with Gasteiger partial charge >= 0.3 is 5.97 Å². The number of Topliss-reactive ketones (excluding diaryl/α,β-unsaturated/α-hetero) is 1. The molecule has 0 N–H and O–H groups in total. The summed E-state index contributed by atoms with van der Waals surface area (Å²) in [6, 6.07) is 8.01. The lowest BCUT2D eigenvalue weighted by Gasteiger charge is -2.47. The molecular formula is C23H27NO3. The summed E-state index contributed by atoms with van der Waals surface area (Å²) in [7, 11) is 0. The van der Waals surface area contributed by atoms with Gasteiger partial charge in [-0.1, -0.05) is 31.5 Å². The van der Waals surface area contributed by atoms with E-state index in [1.54, 1.807) is 0 Å². The molecule has 2 aliphatic carbocycles. The van der Waals surface area contributed by atoms with Crippen LogP contribution in [0.3, 0.4) is 0 Å². The highest BCUT2D eigenvalue weighted by atomic mass is 16.6. The highest BCUT2D eigenvalue weighted by Crippen LogP contribution is 2.54. The summed E-state index contributed by atoms with van der Waals surface area (Å²) in [5.74, 6) is 1.41. The average Bonchev–Trinajstić information content (AvgIpc) is 3.20. The first-order valence-corrected chi connectivity index (χ1v) is 10.4. The van der Waals surface area contributed by atoms with E-state index in [2.05, 4.69) is 18.0 Å². The maximum absolute atomic E-state index is 13.7. The van der Waals surface area contributed by atoms with Gasteiger partial charge < -0.3 is 4.74 Å². The molecule has 0 unspecified atom stereocenters. The van der Waals surface area contributed by atoms with Crippen LogP contribution in [0.4, 0.5) is 5.69 Å². The minimum Gasteiger partial charge on any atom is -0.462 e. The molecule has 0 spiro atoms. The number of cyclic esters (lactones) is 1. The number of ketones is 1. The Kier molecular flexibility index (Phi) is 3.99. The Morgan fingerprint density at radius 2 is 1.96 bits per heavy atom. The van der Waals surface area contributed by atoms with Crippen molar-refractivity contribution in [2.75, 3.05) is 0 Å². The van der Waals surface area contributed by atoms with Gasteiger partial charge in [-0.05, 0) is 55.6 Å². The van der Waals surface area contributed by atoms with Crippen LogP contribution < -0.4 is 0 Å². The number of ether oxygens (including phenoxy) is 1. The van der Waals surface area contributed by atoms with Gasteiger partial charge in [-0.3, -0.25) is 9.59 Å². The summed E-state index contributed by atoms with van der Waals surface area (Å²) >= 11 is 0. The molecule has 27 heavy (non-hydrogen) atoms. The molecule has 142 valence electrons. The highest BCUT2D eigenvalue weighted by Gasteiger charge is 2.57. The monoisotopic (exact) mass is 365 g/mol. The van der Waals surface area contributed by atoms with E-state index in [9.17, 15) is 9.59 Å². The van der Waals surface area contributed by atoms with Crippen LogP contribution in [0.15, 0.2) is 29.3 Å². The van der Waals surface area contributed by atoms with Gasteiger partial charge in [-0.15, -0.1) is 0 Å². The third kappa shape index (κ3) is 2.67. The zero-order chi connectivity index (χ0) is 18.7. The molecule has 4 aliphatic rings. The molecule has 1 aromatic rings. The van der Waals surface area contributed by atoms with Crippen LogP contribution in [0.1, 0.15) is 45.1 Å². The zero-order valence-corrected chi connectivity index (χ0v) is 16.1. The van der Waals surface area contributed by atoms with Gasteiger partial charge in [0.05, 0.1) is 17.3 Å². The van der Waals surface area contributed by atoms with Crippen molar-refractivity contribution in [3.63, 3.8) is 0 Å². The van der Waals surface area contributed by atoms with Gasteiger partial charge in [-0.25, -0.2) is 4.99 Å². The van der Waals surface area contributed by atoms with E-state index in [0.29, 0.717) is 29.9 Å². The van der Waals surface area contributed by atoms with Gasteiger partial charge in [0.1, 0.15) is 6.10 Å². The van der Waals surface area contributed by atoms with Crippen molar-refractivity contribution in [1.82, 2.24) is 0 Å². The van der Waals surface area contributed by atoms with Crippen molar-refractivity contribution in [2.24, 2.45) is 40.5 Å². The van der Waals surface area contributed by atoms with Crippen LogP contribution in [-0.2, 0) is 20.7 Å². The summed E-state index contributed by atoms with van der Waals surface area (Å²) in [6.07, 6.45) is 4.76. The first-order chi connectivity index (χ1) is 13.0. The van der Waals surface area contributed by atoms with Gasteiger partial charge in [0.2, 0.25) is 0 Å². The topological polar surface area (TPSA) is 55.7 Å². The predicted molar refractivity (Wildman–Crippen MR) is 103 cm³/mol. The number of hydrogen-bond acceptors (Lipinski definition) is 4. The number of para-hydroxylation sites is 1. The van der Waals surface area contributed by atoms with Gasteiger partial charge in [-0.2, -0.15) is 0 Å². The second-order valence-corrected chi connectivity index (χ2v) is 9.16. The smallest absolute Gasteiger partial charge is 0.309 e. The second-order valence-electron chi connectivity index (χ2n) is 9.16. The highest BCUT2D eigenvalue weighted by molar-refractivity contribution is 6.42. The summed E-state index contributed by atoms with van der Waals surface area (Å²) in [5.41, 5.74) is 2.74. The van der Waals surface area contributed by atoms with E-state index in [1.165, 1.54) is 6.42 Å². The third-order valence-electron chi connectivity index (χ3n) is 7.54. The predicted octanol–water partition coefficient (Wildman–Crippen LogP) is 4.13. The molecule has 4 heteroatoms. The Morgan fingerprint density at radius 3 is 2.78 bits per heavy atom. The molecule has 2 saturated carbocycles. The fraction of sp³-hybridized carbons (Fsp3) is 0.609. The number of benzene rings is 1. The van der Waals surface area contributed by atoms with Crippen LogP contribution in [0.5, 0.6) is 0 Å². The maximum atomic E-state index is 13.7. The number of fused-ring (bicyclic) bond motifs is 3. The SMILES string of the molecule is C[C@@H]1CC[C@@H]2[C@@H](C1)C[C@H]1C(=O)O[C@H](C)[C@H]1[C@H]2C(=O)C1=Nc2ccccc2C1. The van der Waals surface area contributed by atoms with Crippen LogP contribution >= 0.6 is 0 Å². The molecule has 5 rings (SSSR count). The average molecular weight is 365 g/mol. The van der Waals surface area contributed by atoms with E-state index < -0.39 is 0 Å². The lowest BCUT2D eigenvalue weighted by molar-refractivity contribution is -0.144. The number of hydrogen-bond donors (Lipinski definition) is 0. The van der Waals surface area contributed by atoms with Crippen LogP contribution in [-0.4, -0.2) is 23.6 Å². The number of carbonyl (C=O) groups excluding carboxylic acids is 2. The first-order valence-electron chi connectivity index (χ1n) is 10.4. The fourth-order valence-corrected chi connectivity index (χ4v) is 6.35. The van der Waals surface area contributed by atoms with Crippen molar-refractivity contribution in [1.29, 1.82) is 0 Å². The summed E-state index contributed by atoms with van der Waals surface area (Å²) in [5, 5.41) is 0. The van der Waals surface area contributed by atoms with Crippen molar-refractivity contribution < 1.29 is 14.3 Å². The minimum atomic E-state index is -0.166. The number of rotatable bonds is 2. The molecule has 0 amide bonds. The summed E-state index contributed by atoms with van der Waals surface area (Å²) in [4.78, 5) is 30.9. The lowest BCUT2D eigenvalue weighted by Crippen LogP contribution is -2.49. The van der Waals surface area contributed by atoms with Crippen molar-refractivity contribution in [3.8, 4) is 0 Å². The number of esters is 1. The molecule has 0 bridgehead atoms. The van der Waals surface area contributed by atoms with E-state index in [1.807, 2.05) is 25.1 Å². The van der Waals surface area contributed by atoms with Crippen LogP contribution in [0.25, 0.3) is 0 Å². The first kappa shape index (κ1) is 17.2. The van der Waals surface area contributed by atoms with Crippen LogP contribution in [0.2, 0.25) is 0 Å². The fourth-order valence-electron chi connectivity index (χ4n) is 6.35. The molecule has 2 aliphatic heterocycles. The molecule has 1 aromatic carbocycles. The maximum Gasteiger partial charge on any atom is 0.309 e. The third-order valence-corrected chi connectivity index (χ3v) is 7.54. The lowest BCUT2D eigenvalue weighted by atomic mass is 9.55. The van der Waals surface area contributed by atoms with Gasteiger partial charge in [0, 0.05) is 18.3 Å². The van der Waals surface area contributed by atoms with Gasteiger partial charge in [0.25, 0.3) is 0 Å². The number of nitrogens with zero attached hydrogens (tertiary/aromatic N) is 1. The summed E-state index contributed by atoms with van der Waals surface area (Å²) in [6.45, 7) is 4.27. The minimum absolute atomic E-state index is 0.0195. The van der Waals surface area contributed by atoms with Gasteiger partial charge in [0.15, 0.2) is 5.78 Å². The molecular weight excluding hydrogens is 338 g/mol. The van der Waals surface area contributed by atoms with Crippen molar-refractivity contribution >= 4 is 23.2 Å². The molecule has 2 heterocycles. The normalized spacial score (nSPS) is 39.9. The molecule has 4 nitrogen and oxygen atoms in total. The van der Waals surface area contributed by atoms with E-state index >= 15 is 0 Å². The summed E-state index contributed by atoms with van der Waals surface area (Å²) < 4.78 is 5.61. The number of carbonyl (C=O) groups is 2.